The smallest absolute Gasteiger partial charge is 0.147 e. The molecule has 0 aromatic carbocycles. The van der Waals surface area contributed by atoms with Gasteiger partial charge in [0.1, 0.15) is 5.51 Å². The van der Waals surface area contributed by atoms with Gasteiger partial charge < -0.3 is 0 Å². The molecule has 1 rings (SSSR count). The largest absolute Gasteiger partial charge is 0.178 e. The molecule has 0 unspecified atom stereocenters. The minimum absolute atomic E-state index is 1.37. The lowest BCUT2D eigenvalue weighted by Crippen LogP contribution is -1.54. The van der Waals surface area contributed by atoms with Crippen LogP contribution in [0.1, 0.15) is 0 Å². The Morgan fingerprint density at radius 1 is 1.80 bits per heavy atom. The van der Waals surface area contributed by atoms with Crippen molar-refractivity contribution in [1.82, 2.24) is 10.2 Å². The van der Waals surface area contributed by atoms with Crippen LogP contribution in [0.3, 0.4) is 0 Å². The Labute approximate surface area is 33.5 Å². The van der Waals surface area contributed by atoms with Gasteiger partial charge in [-0.3, -0.25) is 0 Å². The fourth-order valence-electron chi connectivity index (χ4n) is 0.118. The zero-order valence-electron chi connectivity index (χ0n) is 2.38. The molecule has 1 radical (unpaired) electrons. The maximum Gasteiger partial charge on any atom is 0.178 e. The zero-order chi connectivity index (χ0) is 3.54. The van der Waals surface area contributed by atoms with Gasteiger partial charge in [-0.2, -0.15) is 0 Å². The van der Waals surface area contributed by atoms with Crippen LogP contribution in [0.2, 0.25) is 0 Å². The van der Waals surface area contributed by atoms with Gasteiger partial charge in [-0.15, -0.1) is 10.2 Å². The van der Waals surface area contributed by atoms with Gasteiger partial charge in [0.2, 0.25) is 0 Å². The molecule has 0 amide bonds. The molecule has 25 valence electrons. The molecule has 0 aliphatic rings. The highest BCUT2D eigenvalue weighted by Crippen LogP contribution is 1.79. The second kappa shape index (κ2) is 1.12. The van der Waals surface area contributed by atoms with E-state index in [2.05, 4.69) is 15.7 Å². The molecule has 0 atom stereocenters. The van der Waals surface area contributed by atoms with Crippen LogP contribution >= 0.6 is 11.3 Å². The van der Waals surface area contributed by atoms with Gasteiger partial charge in [0.05, 0.1) is 0 Å². The van der Waals surface area contributed by atoms with E-state index in [0.29, 0.717) is 0 Å². The molecule has 0 spiro atoms. The van der Waals surface area contributed by atoms with Crippen LogP contribution in [0.25, 0.3) is 0 Å². The van der Waals surface area contributed by atoms with E-state index in [1.54, 1.807) is 5.51 Å². The molecular weight excluding hydrogens is 84.1 g/mol. The van der Waals surface area contributed by atoms with Crippen molar-refractivity contribution in [3.63, 3.8) is 0 Å². The molecule has 0 fully saturated rings. The van der Waals surface area contributed by atoms with Gasteiger partial charge in [-0.1, -0.05) is 11.3 Å². The van der Waals surface area contributed by atoms with Gasteiger partial charge in [-0.25, -0.2) is 0 Å². The van der Waals surface area contributed by atoms with Crippen molar-refractivity contribution in [2.45, 2.75) is 0 Å². The molecule has 3 heteroatoms. The number of hydrogen-bond acceptors (Lipinski definition) is 3. The summed E-state index contributed by atoms with van der Waals surface area (Å²) in [6.07, 6.45) is 0. The molecule has 0 N–H and O–H groups in total. The summed E-state index contributed by atoms with van der Waals surface area (Å²) in [5.74, 6) is 0. The molecule has 0 saturated heterocycles. The van der Waals surface area contributed by atoms with Gasteiger partial charge in [0.25, 0.3) is 0 Å². The summed E-state index contributed by atoms with van der Waals surface area (Å²) in [5.41, 5.74) is 4.17. The number of aromatic nitrogens is 2. The third-order valence-corrected chi connectivity index (χ3v) is 0.638. The summed E-state index contributed by atoms with van der Waals surface area (Å²) in [7, 11) is 0. The molecule has 0 bridgehead atoms. The minimum atomic E-state index is 1.37. The molecule has 5 heavy (non-hydrogen) atoms. The maximum atomic E-state index is 3.44. The summed E-state index contributed by atoms with van der Waals surface area (Å²) < 4.78 is 0. The van der Waals surface area contributed by atoms with Crippen LogP contribution in [-0.4, -0.2) is 10.2 Å². The Hall–Kier alpha value is -0.440. The van der Waals surface area contributed by atoms with E-state index < -0.39 is 0 Å². The van der Waals surface area contributed by atoms with Gasteiger partial charge in [0.15, 0.2) is 5.51 Å². The second-order valence-electron chi connectivity index (χ2n) is 0.530. The van der Waals surface area contributed by atoms with E-state index >= 15 is 0 Å². The Morgan fingerprint density at radius 2 is 2.80 bits per heavy atom. The first-order valence-electron chi connectivity index (χ1n) is 1.12. The standard InChI is InChI=1S/C2HN2S/c1-3-4-2-5-1/h1H. The summed E-state index contributed by atoms with van der Waals surface area (Å²) in [4.78, 5) is 0. The molecule has 1 aromatic rings. The van der Waals surface area contributed by atoms with Crippen molar-refractivity contribution in [1.29, 1.82) is 0 Å². The second-order valence-corrected chi connectivity index (χ2v) is 1.16. The van der Waals surface area contributed by atoms with Crippen molar-refractivity contribution in [2.75, 3.05) is 0 Å². The molecule has 2 nitrogen and oxygen atoms in total. The minimum Gasteiger partial charge on any atom is -0.147 e. The lowest BCUT2D eigenvalue weighted by Gasteiger charge is -1.39. The Bertz CT molecular complexity index is 64.1. The van der Waals surface area contributed by atoms with E-state index in [0.717, 1.165) is 0 Å². The maximum absolute atomic E-state index is 3.44. The van der Waals surface area contributed by atoms with Crippen molar-refractivity contribution < 1.29 is 0 Å². The molecule has 0 saturated carbocycles. The van der Waals surface area contributed by atoms with Crippen LogP contribution in [0.4, 0.5) is 0 Å². The highest BCUT2D eigenvalue weighted by atomic mass is 32.1. The number of hydrogen-bond donors (Lipinski definition) is 0. The molecule has 1 aromatic heterocycles. The first-order valence-corrected chi connectivity index (χ1v) is 2.00. The van der Waals surface area contributed by atoms with Crippen molar-refractivity contribution in [3.05, 3.63) is 11.0 Å². The van der Waals surface area contributed by atoms with E-state index in [1.807, 2.05) is 0 Å². The predicted molar refractivity (Wildman–Crippen MR) is 18.7 cm³/mol. The van der Waals surface area contributed by atoms with Gasteiger partial charge >= 0.3 is 0 Å². The number of nitrogens with zero attached hydrogens (tertiary/aromatic N) is 2. The summed E-state index contributed by atoms with van der Waals surface area (Å²) in [5, 5.41) is 6.80. The zero-order valence-corrected chi connectivity index (χ0v) is 3.20. The van der Waals surface area contributed by atoms with Crippen molar-refractivity contribution >= 4 is 11.3 Å². The fourth-order valence-corrected chi connectivity index (χ4v) is 0.354. The average Bonchev–Trinajstić information content (AvgIpc) is 1.76. The SMILES string of the molecule is [c]1nncs1. The van der Waals surface area contributed by atoms with E-state index in [-0.39, 0.29) is 0 Å². The third kappa shape index (κ3) is 0.417. The number of rotatable bonds is 0. The van der Waals surface area contributed by atoms with Crippen LogP contribution in [-0.2, 0) is 0 Å². The Kier molecular flexibility index (Phi) is 0.624. The topological polar surface area (TPSA) is 25.8 Å². The summed E-state index contributed by atoms with van der Waals surface area (Å²) >= 11 is 1.37. The van der Waals surface area contributed by atoms with Gasteiger partial charge in [0, 0.05) is 0 Å². The molecule has 0 aliphatic carbocycles. The van der Waals surface area contributed by atoms with Crippen LogP contribution in [0, 0.1) is 5.51 Å². The highest BCUT2D eigenvalue weighted by Gasteiger charge is 1.62. The molecule has 1 heterocycles. The third-order valence-electron chi connectivity index (χ3n) is 0.251. The fraction of sp³-hybridized carbons (Fsp3) is 0. The van der Waals surface area contributed by atoms with E-state index in [1.165, 1.54) is 11.3 Å². The van der Waals surface area contributed by atoms with E-state index in [4.69, 9.17) is 0 Å². The van der Waals surface area contributed by atoms with Crippen LogP contribution in [0.5, 0.6) is 0 Å². The summed E-state index contributed by atoms with van der Waals surface area (Å²) in [6, 6.07) is 0. The first kappa shape index (κ1) is 2.78. The Morgan fingerprint density at radius 3 is 3.00 bits per heavy atom. The Balaban J connectivity index is 3.13. The highest BCUT2D eigenvalue weighted by molar-refractivity contribution is 7.06. The van der Waals surface area contributed by atoms with Crippen molar-refractivity contribution in [2.24, 2.45) is 0 Å². The monoisotopic (exact) mass is 85.0 g/mol. The normalized spacial score (nSPS) is 8.00. The lowest BCUT2D eigenvalue weighted by molar-refractivity contribution is 1.08. The van der Waals surface area contributed by atoms with Crippen LogP contribution in [0.15, 0.2) is 5.51 Å². The first-order chi connectivity index (χ1) is 2.50. The molecule has 0 aliphatic heterocycles. The molecular formula is C2HN2S. The van der Waals surface area contributed by atoms with Crippen molar-refractivity contribution in [3.8, 4) is 0 Å². The van der Waals surface area contributed by atoms with E-state index in [9.17, 15) is 0 Å². The summed E-state index contributed by atoms with van der Waals surface area (Å²) in [6.45, 7) is 0. The van der Waals surface area contributed by atoms with Crippen LogP contribution < -0.4 is 0 Å². The lowest BCUT2D eigenvalue weighted by atomic mass is 11.6. The predicted octanol–water partition coefficient (Wildman–Crippen LogP) is 0.338. The van der Waals surface area contributed by atoms with Gasteiger partial charge in [-0.05, 0) is 0 Å². The quantitative estimate of drug-likeness (QED) is 0.454. The average molecular weight is 85.1 g/mol.